The number of nitrogens with one attached hydrogen (secondary N) is 2. The molecular weight excluding hydrogens is 499 g/mol. The van der Waals surface area contributed by atoms with Gasteiger partial charge >= 0.3 is 0 Å². The van der Waals surface area contributed by atoms with Gasteiger partial charge in [0.05, 0.1) is 18.8 Å². The van der Waals surface area contributed by atoms with Crippen LogP contribution in [-0.4, -0.2) is 72.0 Å². The first-order chi connectivity index (χ1) is 13.3. The highest BCUT2D eigenvalue weighted by atomic mass is 127. The van der Waals surface area contributed by atoms with Crippen molar-refractivity contribution in [3.8, 4) is 0 Å². The van der Waals surface area contributed by atoms with Crippen LogP contribution >= 0.6 is 35.3 Å². The highest BCUT2D eigenvalue weighted by molar-refractivity contribution is 14.0. The van der Waals surface area contributed by atoms with Crippen LogP contribution in [0.15, 0.2) is 10.4 Å². The fourth-order valence-electron chi connectivity index (χ4n) is 3.12. The molecule has 164 valence electrons. The van der Waals surface area contributed by atoms with E-state index in [-0.39, 0.29) is 35.3 Å². The number of amides is 1. The van der Waals surface area contributed by atoms with Crippen LogP contribution in [0, 0.1) is 0 Å². The summed E-state index contributed by atoms with van der Waals surface area (Å²) >= 11 is 1.68. The minimum Gasteiger partial charge on any atom is -0.357 e. The van der Waals surface area contributed by atoms with Gasteiger partial charge in [0.2, 0.25) is 5.91 Å². The van der Waals surface area contributed by atoms with Crippen molar-refractivity contribution in [2.45, 2.75) is 58.5 Å². The van der Waals surface area contributed by atoms with Crippen molar-refractivity contribution in [3.05, 3.63) is 16.1 Å². The predicted octanol–water partition coefficient (Wildman–Crippen LogP) is 2.42. The minimum absolute atomic E-state index is 0. The highest BCUT2D eigenvalue weighted by Crippen LogP contribution is 2.24. The Bertz CT molecular complexity index is 689. The molecule has 0 bridgehead atoms. The van der Waals surface area contributed by atoms with E-state index in [0.717, 1.165) is 62.2 Å². The van der Waals surface area contributed by atoms with Crippen LogP contribution in [0.1, 0.15) is 51.2 Å². The molecule has 7 nitrogen and oxygen atoms in total. The number of thiazole rings is 1. The summed E-state index contributed by atoms with van der Waals surface area (Å²) in [6.07, 6.45) is 2.27. The molecule has 0 atom stereocenters. The number of halogens is 1. The Morgan fingerprint density at radius 1 is 1.28 bits per heavy atom. The second-order valence-corrected chi connectivity index (χ2v) is 9.59. The number of hydrogen-bond donors (Lipinski definition) is 2. The first-order valence-corrected chi connectivity index (χ1v) is 11.2. The number of piperazine rings is 1. The van der Waals surface area contributed by atoms with Crippen LogP contribution in [0.2, 0.25) is 0 Å². The summed E-state index contributed by atoms with van der Waals surface area (Å²) < 4.78 is 0. The number of nitrogens with zero attached hydrogens (tertiary/aromatic N) is 4. The maximum absolute atomic E-state index is 12.0. The maximum Gasteiger partial charge on any atom is 0.234 e. The Labute approximate surface area is 195 Å². The van der Waals surface area contributed by atoms with Gasteiger partial charge in [-0.1, -0.05) is 20.8 Å². The molecule has 0 aromatic carbocycles. The standard InChI is InChI=1S/C20H34N6OS.HI/c1-5-21-19(22-12-18-24-16(14-28-18)20(2,3)4)26-10-8-25(9-11-26)13-17(27)23-15-6-7-15;/h14-15H,5-13H2,1-4H3,(H,21,22)(H,23,27);1H. The number of aliphatic imine (C=N–C) groups is 1. The van der Waals surface area contributed by atoms with Crippen molar-refractivity contribution in [2.75, 3.05) is 39.3 Å². The van der Waals surface area contributed by atoms with Gasteiger partial charge in [0.25, 0.3) is 0 Å². The lowest BCUT2D eigenvalue weighted by Gasteiger charge is -2.36. The van der Waals surface area contributed by atoms with E-state index in [1.165, 1.54) is 0 Å². The third-order valence-corrected chi connectivity index (χ3v) is 5.83. The van der Waals surface area contributed by atoms with Crippen LogP contribution in [-0.2, 0) is 16.8 Å². The van der Waals surface area contributed by atoms with E-state index >= 15 is 0 Å². The van der Waals surface area contributed by atoms with Crippen LogP contribution in [0.25, 0.3) is 0 Å². The fourth-order valence-corrected chi connectivity index (χ4v) is 4.06. The van der Waals surface area contributed by atoms with Crippen LogP contribution in [0.3, 0.4) is 0 Å². The third-order valence-electron chi connectivity index (χ3n) is 5.00. The summed E-state index contributed by atoms with van der Waals surface area (Å²) in [5.74, 6) is 1.10. The SMILES string of the molecule is CCNC(=NCc1nc(C(C)(C)C)cs1)N1CCN(CC(=O)NC2CC2)CC1.I. The molecule has 1 amide bonds. The van der Waals surface area contributed by atoms with Gasteiger partial charge < -0.3 is 15.5 Å². The molecule has 2 fully saturated rings. The molecule has 1 aliphatic carbocycles. The number of guanidine groups is 1. The lowest BCUT2D eigenvalue weighted by molar-refractivity contribution is -0.122. The zero-order valence-electron chi connectivity index (χ0n) is 18.0. The molecule has 1 aromatic rings. The summed E-state index contributed by atoms with van der Waals surface area (Å²) in [5, 5.41) is 9.67. The average molecular weight is 535 g/mol. The predicted molar refractivity (Wildman–Crippen MR) is 130 cm³/mol. The quantitative estimate of drug-likeness (QED) is 0.333. The normalized spacial score (nSPS) is 18.3. The Morgan fingerprint density at radius 2 is 1.97 bits per heavy atom. The second kappa shape index (κ2) is 10.9. The molecule has 2 N–H and O–H groups in total. The van der Waals surface area contributed by atoms with Crippen molar-refractivity contribution in [1.82, 2.24) is 25.4 Å². The molecule has 1 aliphatic heterocycles. The molecule has 0 radical (unpaired) electrons. The number of hydrogen-bond acceptors (Lipinski definition) is 5. The Balaban J connectivity index is 0.00000300. The van der Waals surface area contributed by atoms with E-state index in [9.17, 15) is 4.79 Å². The highest BCUT2D eigenvalue weighted by Gasteiger charge is 2.26. The third kappa shape index (κ3) is 7.67. The molecule has 1 saturated carbocycles. The number of carbonyl (C=O) groups excluding carboxylic acids is 1. The Kier molecular flexibility index (Phi) is 9.15. The van der Waals surface area contributed by atoms with E-state index in [1.54, 1.807) is 11.3 Å². The van der Waals surface area contributed by atoms with Crippen LogP contribution < -0.4 is 10.6 Å². The first-order valence-electron chi connectivity index (χ1n) is 10.3. The minimum atomic E-state index is 0. The van der Waals surface area contributed by atoms with Crippen molar-refractivity contribution in [3.63, 3.8) is 0 Å². The topological polar surface area (TPSA) is 72.9 Å². The summed E-state index contributed by atoms with van der Waals surface area (Å²) in [6, 6.07) is 0.436. The van der Waals surface area contributed by atoms with E-state index in [4.69, 9.17) is 9.98 Å². The van der Waals surface area contributed by atoms with Gasteiger partial charge in [0.15, 0.2) is 5.96 Å². The molecule has 1 saturated heterocycles. The van der Waals surface area contributed by atoms with E-state index in [2.05, 4.69) is 53.5 Å². The Hall–Kier alpha value is -0.940. The molecule has 2 aliphatic rings. The summed E-state index contributed by atoms with van der Waals surface area (Å²) in [6.45, 7) is 14.1. The zero-order valence-corrected chi connectivity index (χ0v) is 21.2. The van der Waals surface area contributed by atoms with Crippen LogP contribution in [0.5, 0.6) is 0 Å². The van der Waals surface area contributed by atoms with Gasteiger partial charge in [0, 0.05) is 49.6 Å². The van der Waals surface area contributed by atoms with Crippen LogP contribution in [0.4, 0.5) is 0 Å². The monoisotopic (exact) mass is 534 g/mol. The van der Waals surface area contributed by atoms with Gasteiger partial charge in [0.1, 0.15) is 5.01 Å². The van der Waals surface area contributed by atoms with E-state index < -0.39 is 0 Å². The molecule has 2 heterocycles. The molecule has 3 rings (SSSR count). The van der Waals surface area contributed by atoms with Gasteiger partial charge in [-0.25, -0.2) is 9.98 Å². The van der Waals surface area contributed by atoms with Gasteiger partial charge in [-0.15, -0.1) is 35.3 Å². The van der Waals surface area contributed by atoms with Crippen molar-refractivity contribution >= 4 is 47.2 Å². The molecule has 0 spiro atoms. The van der Waals surface area contributed by atoms with Gasteiger partial charge in [-0.05, 0) is 19.8 Å². The molecule has 9 heteroatoms. The molecule has 0 unspecified atom stereocenters. The molecule has 29 heavy (non-hydrogen) atoms. The summed E-state index contributed by atoms with van der Waals surface area (Å²) in [7, 11) is 0. The Morgan fingerprint density at radius 3 is 2.52 bits per heavy atom. The molecule has 1 aromatic heterocycles. The summed E-state index contributed by atoms with van der Waals surface area (Å²) in [5.41, 5.74) is 1.20. The lowest BCUT2D eigenvalue weighted by Crippen LogP contribution is -2.54. The second-order valence-electron chi connectivity index (χ2n) is 8.65. The smallest absolute Gasteiger partial charge is 0.234 e. The van der Waals surface area contributed by atoms with E-state index in [0.29, 0.717) is 19.1 Å². The zero-order chi connectivity index (χ0) is 20.1. The fraction of sp³-hybridized carbons (Fsp3) is 0.750. The largest absolute Gasteiger partial charge is 0.357 e. The number of aromatic nitrogens is 1. The van der Waals surface area contributed by atoms with Gasteiger partial charge in [-0.3, -0.25) is 9.69 Å². The van der Waals surface area contributed by atoms with E-state index in [1.807, 2.05) is 0 Å². The summed E-state index contributed by atoms with van der Waals surface area (Å²) in [4.78, 5) is 26.1. The number of rotatable bonds is 6. The average Bonchev–Trinajstić information content (AvgIpc) is 3.31. The van der Waals surface area contributed by atoms with Gasteiger partial charge in [-0.2, -0.15) is 0 Å². The molecular formula is C20H35IN6OS. The van der Waals surface area contributed by atoms with Crippen molar-refractivity contribution < 1.29 is 4.79 Å². The van der Waals surface area contributed by atoms with Crippen molar-refractivity contribution in [2.24, 2.45) is 4.99 Å². The van der Waals surface area contributed by atoms with Crippen molar-refractivity contribution in [1.29, 1.82) is 0 Å². The lowest BCUT2D eigenvalue weighted by atomic mass is 9.93. The number of carbonyl (C=O) groups is 1. The first kappa shape index (κ1) is 24.3. The maximum atomic E-state index is 12.0.